The van der Waals surface area contributed by atoms with E-state index < -0.39 is 0 Å². The lowest BCUT2D eigenvalue weighted by Gasteiger charge is -2.30. The number of anilines is 2. The summed E-state index contributed by atoms with van der Waals surface area (Å²) in [6.45, 7) is 3.75. The molecule has 2 fully saturated rings. The van der Waals surface area contributed by atoms with E-state index in [9.17, 15) is 0 Å². The van der Waals surface area contributed by atoms with Gasteiger partial charge in [-0.1, -0.05) is 0 Å². The lowest BCUT2D eigenvalue weighted by Crippen LogP contribution is -2.44. The van der Waals surface area contributed by atoms with Gasteiger partial charge in [0.05, 0.1) is 23.6 Å². The van der Waals surface area contributed by atoms with Crippen LogP contribution in [0.4, 0.5) is 11.6 Å². The van der Waals surface area contributed by atoms with Crippen molar-refractivity contribution in [1.82, 2.24) is 35.8 Å². The van der Waals surface area contributed by atoms with E-state index in [1.54, 1.807) is 17.5 Å². The molecule has 1 aliphatic carbocycles. The second kappa shape index (κ2) is 8.33. The molecule has 7 rings (SSSR count). The quantitative estimate of drug-likeness (QED) is 0.519. The van der Waals surface area contributed by atoms with Crippen molar-refractivity contribution < 1.29 is 4.94 Å². The molecule has 0 aromatic carbocycles. The van der Waals surface area contributed by atoms with Crippen molar-refractivity contribution in [3.05, 3.63) is 72.2 Å². The number of nitrogens with one attached hydrogen (secondary N) is 3. The average Bonchev–Trinajstić information content (AvgIpc) is 3.65. The Balaban J connectivity index is 1.27. The molecule has 0 amide bonds. The molecule has 1 saturated carbocycles. The number of hydrogen-bond acceptors (Lipinski definition) is 10. The predicted molar refractivity (Wildman–Crippen MR) is 133 cm³/mol. The van der Waals surface area contributed by atoms with Gasteiger partial charge >= 0.3 is 0 Å². The van der Waals surface area contributed by atoms with Gasteiger partial charge < -0.3 is 15.5 Å². The summed E-state index contributed by atoms with van der Waals surface area (Å²) in [5, 5.41) is 9.63. The number of pyridine rings is 2. The second-order valence-corrected chi connectivity index (χ2v) is 9.08. The fourth-order valence-electron chi connectivity index (χ4n) is 4.73. The minimum atomic E-state index is 0.572. The number of allylic oxidation sites excluding steroid dienone is 2. The Kier molecular flexibility index (Phi) is 4.85. The highest BCUT2D eigenvalue weighted by Gasteiger charge is 2.29. The Hall–Kier alpha value is -4.02. The van der Waals surface area contributed by atoms with Gasteiger partial charge in [-0.05, 0) is 48.6 Å². The number of piperazine rings is 1. The van der Waals surface area contributed by atoms with Gasteiger partial charge in [-0.15, -0.1) is 0 Å². The Labute approximate surface area is 202 Å². The van der Waals surface area contributed by atoms with E-state index in [1.165, 1.54) is 18.4 Å². The summed E-state index contributed by atoms with van der Waals surface area (Å²) in [6.07, 6.45) is 15.6. The topological polar surface area (TPSA) is 103 Å². The largest absolute Gasteiger partial charge is 0.353 e. The lowest BCUT2D eigenvalue weighted by molar-refractivity contribution is -0.112. The van der Waals surface area contributed by atoms with Gasteiger partial charge in [0, 0.05) is 61.4 Å². The Morgan fingerprint density at radius 1 is 1.11 bits per heavy atom. The zero-order chi connectivity index (χ0) is 23.2. The molecule has 3 aromatic heterocycles. The molecule has 3 aliphatic heterocycles. The first-order chi connectivity index (χ1) is 17.3. The van der Waals surface area contributed by atoms with Crippen molar-refractivity contribution in [2.75, 3.05) is 36.4 Å². The van der Waals surface area contributed by atoms with Crippen LogP contribution in [-0.4, -0.2) is 51.2 Å². The van der Waals surface area contributed by atoms with Crippen LogP contribution in [0.25, 0.3) is 22.3 Å². The smallest absolute Gasteiger partial charge is 0.162 e. The summed E-state index contributed by atoms with van der Waals surface area (Å²) in [5.74, 6) is 2.99. The summed E-state index contributed by atoms with van der Waals surface area (Å²) in [5.41, 5.74) is 7.64. The first kappa shape index (κ1) is 20.4. The van der Waals surface area contributed by atoms with Crippen LogP contribution in [0, 0.1) is 0 Å². The number of nitrogens with zero attached hydrogens (tertiary/aromatic N) is 6. The molecule has 10 heteroatoms. The van der Waals surface area contributed by atoms with Crippen LogP contribution in [0.3, 0.4) is 0 Å². The van der Waals surface area contributed by atoms with E-state index in [0.29, 0.717) is 11.7 Å². The number of hydrogen-bond donors (Lipinski definition) is 3. The summed E-state index contributed by atoms with van der Waals surface area (Å²) < 4.78 is 0. The molecule has 4 aliphatic rings. The predicted octanol–water partition coefficient (Wildman–Crippen LogP) is 2.79. The molecule has 1 saturated heterocycles. The van der Waals surface area contributed by atoms with Gasteiger partial charge in [0.2, 0.25) is 0 Å². The minimum absolute atomic E-state index is 0.572. The van der Waals surface area contributed by atoms with Crippen LogP contribution in [0.1, 0.15) is 24.3 Å². The molecule has 0 radical (unpaired) electrons. The monoisotopic (exact) mass is 467 g/mol. The van der Waals surface area contributed by atoms with Crippen LogP contribution in [0.2, 0.25) is 0 Å². The van der Waals surface area contributed by atoms with Crippen molar-refractivity contribution in [3.63, 3.8) is 0 Å². The molecule has 35 heavy (non-hydrogen) atoms. The van der Waals surface area contributed by atoms with E-state index >= 15 is 0 Å². The summed E-state index contributed by atoms with van der Waals surface area (Å²) in [6, 6.07) is 3.94. The normalized spacial score (nSPS) is 19.3. The standard InChI is InChI=1S/C25H25N9O/c1-2-16(1)20-14-27-15-21-23(20)25(33-9-6-26-7-10-33)32-24(31-21)17-3-5-28-22(11-17)30-18-4-8-34-19(12-18)13-29-35-34/h3-5,8,11-16,26,29H,1-2,6-7,9-10H2,(H,28,30). The average molecular weight is 468 g/mol. The second-order valence-electron chi connectivity index (χ2n) is 9.08. The molecule has 6 heterocycles. The van der Waals surface area contributed by atoms with Gasteiger partial charge in [-0.25, -0.2) is 25.5 Å². The van der Waals surface area contributed by atoms with Crippen molar-refractivity contribution in [3.8, 4) is 11.4 Å². The highest BCUT2D eigenvalue weighted by Crippen LogP contribution is 2.44. The van der Waals surface area contributed by atoms with Crippen molar-refractivity contribution in [1.29, 1.82) is 0 Å². The Morgan fingerprint density at radius 2 is 2.03 bits per heavy atom. The lowest BCUT2D eigenvalue weighted by atomic mass is 10.1. The highest BCUT2D eigenvalue weighted by atomic mass is 16.8. The van der Waals surface area contributed by atoms with Crippen LogP contribution >= 0.6 is 0 Å². The zero-order valence-corrected chi connectivity index (χ0v) is 19.1. The molecule has 10 nitrogen and oxygen atoms in total. The molecule has 176 valence electrons. The highest BCUT2D eigenvalue weighted by molar-refractivity contribution is 5.94. The third-order valence-electron chi connectivity index (χ3n) is 6.65. The zero-order valence-electron chi connectivity index (χ0n) is 19.1. The maximum Gasteiger partial charge on any atom is 0.162 e. The van der Waals surface area contributed by atoms with E-state index in [1.807, 2.05) is 42.9 Å². The van der Waals surface area contributed by atoms with E-state index in [0.717, 1.165) is 65.7 Å². The third-order valence-corrected chi connectivity index (χ3v) is 6.65. The molecule has 3 N–H and O–H groups in total. The van der Waals surface area contributed by atoms with Gasteiger partial charge in [0.25, 0.3) is 0 Å². The Morgan fingerprint density at radius 3 is 2.91 bits per heavy atom. The van der Waals surface area contributed by atoms with Crippen molar-refractivity contribution >= 4 is 22.5 Å². The molecule has 0 unspecified atom stereocenters. The maximum absolute atomic E-state index is 5.24. The summed E-state index contributed by atoms with van der Waals surface area (Å²) >= 11 is 0. The Bertz CT molecular complexity index is 1390. The van der Waals surface area contributed by atoms with Gasteiger partial charge in [-0.3, -0.25) is 4.98 Å². The van der Waals surface area contributed by atoms with Gasteiger partial charge in [0.1, 0.15) is 11.6 Å². The minimum Gasteiger partial charge on any atom is -0.353 e. The molecule has 0 bridgehead atoms. The summed E-state index contributed by atoms with van der Waals surface area (Å²) in [7, 11) is 0. The van der Waals surface area contributed by atoms with Gasteiger partial charge in [0.15, 0.2) is 5.82 Å². The SMILES string of the molecule is C1=CN2ONC=C2C=C1Nc1cc(-c2nc(N3CCNCC3)c3c(C4CC4)cncc3n2)ccn1. The first-order valence-electron chi connectivity index (χ1n) is 12.0. The molecular weight excluding hydrogens is 442 g/mol. The third kappa shape index (κ3) is 3.86. The van der Waals surface area contributed by atoms with Crippen LogP contribution in [-0.2, 0) is 4.94 Å². The van der Waals surface area contributed by atoms with Crippen LogP contribution in [0.5, 0.6) is 0 Å². The maximum atomic E-state index is 5.24. The fraction of sp³-hybridized carbons (Fsp3) is 0.280. The molecular formula is C25H25N9O. The number of aromatic nitrogens is 4. The van der Waals surface area contributed by atoms with Crippen molar-refractivity contribution in [2.45, 2.75) is 18.8 Å². The number of fused-ring (bicyclic) bond motifs is 2. The fourth-order valence-corrected chi connectivity index (χ4v) is 4.73. The molecule has 3 aromatic rings. The van der Waals surface area contributed by atoms with Crippen LogP contribution < -0.4 is 21.0 Å². The van der Waals surface area contributed by atoms with E-state index in [2.05, 4.69) is 31.0 Å². The van der Waals surface area contributed by atoms with Gasteiger partial charge in [-0.2, -0.15) is 4.94 Å². The molecule has 0 spiro atoms. The number of hydroxylamine groups is 3. The van der Waals surface area contributed by atoms with E-state index in [-0.39, 0.29) is 0 Å². The first-order valence-corrected chi connectivity index (χ1v) is 12.0. The van der Waals surface area contributed by atoms with E-state index in [4.69, 9.17) is 14.9 Å². The summed E-state index contributed by atoms with van der Waals surface area (Å²) in [4.78, 5) is 26.8. The van der Waals surface area contributed by atoms with Crippen LogP contribution in [0.15, 0.2) is 66.7 Å². The van der Waals surface area contributed by atoms with Crippen molar-refractivity contribution in [2.24, 2.45) is 0 Å². The number of rotatable bonds is 5. The molecule has 0 atom stereocenters.